The van der Waals surface area contributed by atoms with Crippen LogP contribution in [-0.2, 0) is 14.3 Å². The number of hydrogen-bond acceptors (Lipinski definition) is 4. The molecule has 28 heavy (non-hydrogen) atoms. The summed E-state index contributed by atoms with van der Waals surface area (Å²) in [4.78, 5) is 38.9. The van der Waals surface area contributed by atoms with E-state index >= 15 is 0 Å². The number of anilines is 1. The number of rotatable bonds is 4. The van der Waals surface area contributed by atoms with E-state index in [4.69, 9.17) is 0 Å². The second-order valence-electron chi connectivity index (χ2n) is 7.85. The SMILES string of the molecule is COC(=O)c1ccc(NC(=O)C2CCC(C(=O)N3CCCCCC3)CC2)cc1. The summed E-state index contributed by atoms with van der Waals surface area (Å²) >= 11 is 0. The van der Waals surface area contributed by atoms with Crippen LogP contribution < -0.4 is 5.32 Å². The topological polar surface area (TPSA) is 75.7 Å². The van der Waals surface area contributed by atoms with Gasteiger partial charge in [-0.1, -0.05) is 12.8 Å². The Morgan fingerprint density at radius 1 is 0.893 bits per heavy atom. The predicted octanol–water partition coefficient (Wildman–Crippen LogP) is 3.62. The highest BCUT2D eigenvalue weighted by atomic mass is 16.5. The molecule has 6 heteroatoms. The first-order valence-electron chi connectivity index (χ1n) is 10.4. The lowest BCUT2D eigenvalue weighted by Crippen LogP contribution is -2.39. The molecule has 2 aliphatic rings. The smallest absolute Gasteiger partial charge is 0.337 e. The van der Waals surface area contributed by atoms with E-state index in [0.29, 0.717) is 17.2 Å². The van der Waals surface area contributed by atoms with Crippen LogP contribution in [0.4, 0.5) is 5.69 Å². The first-order chi connectivity index (χ1) is 13.6. The van der Waals surface area contributed by atoms with Crippen molar-refractivity contribution in [1.82, 2.24) is 4.90 Å². The third kappa shape index (κ3) is 5.12. The van der Waals surface area contributed by atoms with Crippen LogP contribution in [0.5, 0.6) is 0 Å². The molecule has 1 saturated carbocycles. The number of carbonyl (C=O) groups is 3. The van der Waals surface area contributed by atoms with Gasteiger partial charge in [-0.2, -0.15) is 0 Å². The Morgan fingerprint density at radius 2 is 1.46 bits per heavy atom. The Morgan fingerprint density at radius 3 is 2.04 bits per heavy atom. The number of likely N-dealkylation sites (tertiary alicyclic amines) is 1. The number of amides is 2. The van der Waals surface area contributed by atoms with Gasteiger partial charge in [0, 0.05) is 30.6 Å². The van der Waals surface area contributed by atoms with Crippen LogP contribution in [0.1, 0.15) is 61.7 Å². The van der Waals surface area contributed by atoms with Crippen molar-refractivity contribution in [3.05, 3.63) is 29.8 Å². The summed E-state index contributed by atoms with van der Waals surface area (Å²) in [5.41, 5.74) is 1.12. The quantitative estimate of drug-likeness (QED) is 0.802. The minimum atomic E-state index is -0.398. The summed E-state index contributed by atoms with van der Waals surface area (Å²) in [5.74, 6) is -0.106. The average molecular weight is 386 g/mol. The lowest BCUT2D eigenvalue weighted by atomic mass is 9.81. The monoisotopic (exact) mass is 386 g/mol. The summed E-state index contributed by atoms with van der Waals surface area (Å²) in [6, 6.07) is 6.69. The molecule has 3 rings (SSSR count). The standard InChI is InChI=1S/C22H30N2O4/c1-28-22(27)18-10-12-19(13-11-18)23-20(25)16-6-8-17(9-7-16)21(26)24-14-4-2-3-5-15-24/h10-13,16-17H,2-9,14-15H2,1H3,(H,23,25). The zero-order valence-electron chi connectivity index (χ0n) is 16.6. The molecule has 1 saturated heterocycles. The summed E-state index contributed by atoms with van der Waals surface area (Å²) < 4.78 is 4.68. The van der Waals surface area contributed by atoms with Crippen molar-refractivity contribution in [2.45, 2.75) is 51.4 Å². The van der Waals surface area contributed by atoms with E-state index in [1.54, 1.807) is 24.3 Å². The average Bonchev–Trinajstić information content (AvgIpc) is 3.03. The molecule has 0 unspecified atom stereocenters. The molecule has 2 amide bonds. The molecule has 1 aliphatic carbocycles. The Hall–Kier alpha value is -2.37. The Kier molecular flexibility index (Phi) is 7.06. The fraction of sp³-hybridized carbons (Fsp3) is 0.591. The number of hydrogen-bond donors (Lipinski definition) is 1. The number of nitrogens with one attached hydrogen (secondary N) is 1. The number of nitrogens with zero attached hydrogens (tertiary/aromatic N) is 1. The van der Waals surface area contributed by atoms with E-state index in [9.17, 15) is 14.4 Å². The number of esters is 1. The number of benzene rings is 1. The molecule has 1 aromatic rings. The van der Waals surface area contributed by atoms with Crippen molar-refractivity contribution in [3.8, 4) is 0 Å². The van der Waals surface area contributed by atoms with Gasteiger partial charge in [0.1, 0.15) is 0 Å². The molecule has 0 atom stereocenters. The minimum Gasteiger partial charge on any atom is -0.465 e. The molecular weight excluding hydrogens is 356 g/mol. The predicted molar refractivity (Wildman–Crippen MR) is 107 cm³/mol. The van der Waals surface area contributed by atoms with Gasteiger partial charge in [0.25, 0.3) is 0 Å². The van der Waals surface area contributed by atoms with Gasteiger partial charge >= 0.3 is 5.97 Å². The maximum atomic E-state index is 12.8. The van der Waals surface area contributed by atoms with Crippen LogP contribution >= 0.6 is 0 Å². The lowest BCUT2D eigenvalue weighted by Gasteiger charge is -2.31. The van der Waals surface area contributed by atoms with E-state index in [0.717, 1.165) is 51.6 Å². The highest BCUT2D eigenvalue weighted by Crippen LogP contribution is 2.31. The Bertz CT molecular complexity index is 685. The van der Waals surface area contributed by atoms with Crippen LogP contribution in [0.2, 0.25) is 0 Å². The van der Waals surface area contributed by atoms with Gasteiger partial charge in [-0.15, -0.1) is 0 Å². The molecule has 1 aliphatic heterocycles. The largest absolute Gasteiger partial charge is 0.465 e. The maximum Gasteiger partial charge on any atom is 0.337 e. The van der Waals surface area contributed by atoms with Gasteiger partial charge in [0.15, 0.2) is 0 Å². The highest BCUT2D eigenvalue weighted by Gasteiger charge is 2.32. The van der Waals surface area contributed by atoms with Crippen molar-refractivity contribution in [1.29, 1.82) is 0 Å². The van der Waals surface area contributed by atoms with E-state index in [1.807, 2.05) is 4.90 Å². The van der Waals surface area contributed by atoms with E-state index in [1.165, 1.54) is 20.0 Å². The molecule has 1 heterocycles. The molecule has 0 aromatic heterocycles. The summed E-state index contributed by atoms with van der Waals surface area (Å²) in [7, 11) is 1.34. The normalized spacial score (nSPS) is 22.8. The maximum absolute atomic E-state index is 12.8. The molecule has 0 bridgehead atoms. The van der Waals surface area contributed by atoms with Crippen LogP contribution in [0.25, 0.3) is 0 Å². The molecule has 6 nitrogen and oxygen atoms in total. The Labute approximate surface area is 166 Å². The molecule has 1 aromatic carbocycles. The summed E-state index contributed by atoms with van der Waals surface area (Å²) in [6.07, 6.45) is 7.72. The van der Waals surface area contributed by atoms with Crippen molar-refractivity contribution in [3.63, 3.8) is 0 Å². The lowest BCUT2D eigenvalue weighted by molar-refractivity contribution is -0.137. The molecular formula is C22H30N2O4. The van der Waals surface area contributed by atoms with Crippen LogP contribution in [-0.4, -0.2) is 42.9 Å². The van der Waals surface area contributed by atoms with Gasteiger partial charge < -0.3 is 15.0 Å². The van der Waals surface area contributed by atoms with E-state index in [2.05, 4.69) is 10.1 Å². The minimum absolute atomic E-state index is 0.00788. The third-order valence-corrected chi connectivity index (χ3v) is 5.94. The summed E-state index contributed by atoms with van der Waals surface area (Å²) in [6.45, 7) is 1.78. The van der Waals surface area contributed by atoms with Gasteiger partial charge in [-0.3, -0.25) is 9.59 Å². The zero-order chi connectivity index (χ0) is 19.9. The van der Waals surface area contributed by atoms with Gasteiger partial charge in [-0.05, 0) is 62.8 Å². The number of ether oxygens (including phenoxy) is 1. The van der Waals surface area contributed by atoms with Crippen molar-refractivity contribution < 1.29 is 19.1 Å². The van der Waals surface area contributed by atoms with Crippen LogP contribution in [0.3, 0.4) is 0 Å². The zero-order valence-corrected chi connectivity index (χ0v) is 16.6. The second-order valence-corrected chi connectivity index (χ2v) is 7.85. The van der Waals surface area contributed by atoms with Crippen molar-refractivity contribution in [2.24, 2.45) is 11.8 Å². The van der Waals surface area contributed by atoms with Gasteiger partial charge in [0.05, 0.1) is 12.7 Å². The highest BCUT2D eigenvalue weighted by molar-refractivity contribution is 5.94. The van der Waals surface area contributed by atoms with E-state index in [-0.39, 0.29) is 17.7 Å². The molecule has 152 valence electrons. The second kappa shape index (κ2) is 9.71. The fourth-order valence-corrected chi connectivity index (χ4v) is 4.20. The third-order valence-electron chi connectivity index (χ3n) is 5.94. The van der Waals surface area contributed by atoms with Crippen molar-refractivity contribution >= 4 is 23.5 Å². The van der Waals surface area contributed by atoms with Crippen LogP contribution in [0.15, 0.2) is 24.3 Å². The van der Waals surface area contributed by atoms with Gasteiger partial charge in [0.2, 0.25) is 11.8 Å². The molecule has 2 fully saturated rings. The molecule has 0 radical (unpaired) electrons. The van der Waals surface area contributed by atoms with Crippen LogP contribution in [0, 0.1) is 11.8 Å². The molecule has 0 spiro atoms. The number of carbonyl (C=O) groups excluding carboxylic acids is 3. The molecule has 1 N–H and O–H groups in total. The van der Waals surface area contributed by atoms with E-state index < -0.39 is 5.97 Å². The number of methoxy groups -OCH3 is 1. The van der Waals surface area contributed by atoms with Gasteiger partial charge in [-0.25, -0.2) is 4.79 Å². The van der Waals surface area contributed by atoms with Crippen molar-refractivity contribution in [2.75, 3.05) is 25.5 Å². The Balaban J connectivity index is 1.48. The first kappa shape index (κ1) is 20.4. The summed E-state index contributed by atoms with van der Waals surface area (Å²) in [5, 5.41) is 2.93. The fourth-order valence-electron chi connectivity index (χ4n) is 4.20. The first-order valence-corrected chi connectivity index (χ1v) is 10.4.